The lowest BCUT2D eigenvalue weighted by molar-refractivity contribution is 0.459. The summed E-state index contributed by atoms with van der Waals surface area (Å²) in [5, 5.41) is 0. The van der Waals surface area contributed by atoms with Gasteiger partial charge in [0.25, 0.3) is 0 Å². The molecule has 262 valence electrons. The maximum atomic E-state index is 10.3. The predicted molar refractivity (Wildman–Crippen MR) is 199 cm³/mol. The maximum Gasteiger partial charge on any atom is 0.0945 e. The third kappa shape index (κ3) is 36.7. The van der Waals surface area contributed by atoms with E-state index >= 15 is 0 Å². The van der Waals surface area contributed by atoms with Crippen molar-refractivity contribution in [2.75, 3.05) is 30.4 Å². The van der Waals surface area contributed by atoms with E-state index in [4.69, 9.17) is 0 Å². The highest BCUT2D eigenvalue weighted by Gasteiger charge is 2.34. The first-order chi connectivity index (χ1) is 20.8. The van der Waals surface area contributed by atoms with Crippen molar-refractivity contribution in [1.29, 1.82) is 0 Å². The number of rotatable bonds is 33. The van der Waals surface area contributed by atoms with Gasteiger partial charge in [-0.25, -0.2) is 8.42 Å². The molecule has 0 aromatic rings. The van der Waals surface area contributed by atoms with E-state index in [0.717, 1.165) is 12.8 Å². The molecule has 3 nitrogen and oxygen atoms in total. The van der Waals surface area contributed by atoms with Gasteiger partial charge in [0.05, 0.1) is 34.8 Å². The molecule has 0 rings (SSSR count). The first-order valence-corrected chi connectivity index (χ1v) is 23.7. The highest BCUT2D eigenvalue weighted by atomic mass is 32.2. The first-order valence-electron chi connectivity index (χ1n) is 19.6. The fraction of sp³-hybridized carbons (Fsp3) is 1.00. The third-order valence-corrected chi connectivity index (χ3v) is 15.0. The average Bonchev–Trinajstić information content (AvgIpc) is 2.99. The van der Waals surface area contributed by atoms with Crippen molar-refractivity contribution in [3.05, 3.63) is 0 Å². The normalized spacial score (nSPS) is 12.0. The number of hydrogen-bond donors (Lipinski definition) is 0. The van der Waals surface area contributed by atoms with Crippen molar-refractivity contribution in [2.24, 2.45) is 0 Å². The third-order valence-electron chi connectivity index (χ3n) is 9.19. The highest BCUT2D eigenvalue weighted by Crippen LogP contribution is 2.61. The van der Waals surface area contributed by atoms with Gasteiger partial charge >= 0.3 is 0 Å². The molecule has 0 N–H and O–H groups in total. The summed E-state index contributed by atoms with van der Waals surface area (Å²) in [6, 6.07) is 0. The first kappa shape index (κ1) is 45.5. The van der Waals surface area contributed by atoms with E-state index in [1.165, 1.54) is 154 Å². The van der Waals surface area contributed by atoms with Gasteiger partial charge in [-0.3, -0.25) is 0 Å². The molecule has 0 amide bonds. The zero-order valence-electron chi connectivity index (χ0n) is 30.4. The minimum atomic E-state index is -3.98. The number of hydrogen-bond acceptors (Lipinski definition) is 3. The molecule has 0 atom stereocenters. The number of unbranched alkanes of at least 4 members (excludes halogenated alkanes) is 23. The fourth-order valence-electron chi connectivity index (χ4n) is 6.21. The summed E-state index contributed by atoms with van der Waals surface area (Å²) >= 11 is 0. The van der Waals surface area contributed by atoms with Crippen LogP contribution in [0.1, 0.15) is 214 Å². The summed E-state index contributed by atoms with van der Waals surface area (Å²) < 4.78 is 30.9. The molecular weight excluding hydrogens is 567 g/mol. The molecule has 0 aliphatic rings. The summed E-state index contributed by atoms with van der Waals surface area (Å²) in [4.78, 5) is 0. The minimum absolute atomic E-state index is 0.191. The van der Waals surface area contributed by atoms with E-state index in [1.54, 1.807) is 31.1 Å². The molecule has 0 aliphatic heterocycles. The van der Waals surface area contributed by atoms with Crippen LogP contribution >= 0.6 is 7.26 Å². The van der Waals surface area contributed by atoms with Gasteiger partial charge in [-0.15, -0.1) is 0 Å². The van der Waals surface area contributed by atoms with Crippen molar-refractivity contribution in [2.45, 2.75) is 214 Å². The zero-order valence-corrected chi connectivity index (χ0v) is 32.1. The van der Waals surface area contributed by atoms with Crippen LogP contribution in [0.3, 0.4) is 0 Å². The van der Waals surface area contributed by atoms with Crippen LogP contribution in [0.2, 0.25) is 0 Å². The monoisotopic (exact) mass is 649 g/mol. The van der Waals surface area contributed by atoms with Crippen LogP contribution in [-0.4, -0.2) is 43.4 Å². The quantitative estimate of drug-likeness (QED) is 0.0404. The molecule has 0 radical (unpaired) electrons. The van der Waals surface area contributed by atoms with Crippen molar-refractivity contribution in [3.63, 3.8) is 0 Å². The standard InChI is InChI=1S/C26H56P.C12H26O3S/c1-5-9-13-14-15-16-17-18-19-20-21-22-26-27(23-10-6-2,24-11-7-3)25-12-8-4;1-2-3-4-5-6-7-8-9-10-11-12-16(13,14)15/h5-26H2,1-4H3;2-12H2,1H3,(H,13,14,15)/q+1;/p-1. The van der Waals surface area contributed by atoms with Crippen LogP contribution < -0.4 is 0 Å². The zero-order chi connectivity index (χ0) is 32.3. The van der Waals surface area contributed by atoms with Gasteiger partial charge in [0.2, 0.25) is 0 Å². The van der Waals surface area contributed by atoms with Crippen molar-refractivity contribution in [1.82, 2.24) is 0 Å². The fourth-order valence-corrected chi connectivity index (χ4v) is 12.0. The maximum absolute atomic E-state index is 10.3. The molecule has 0 unspecified atom stereocenters. The van der Waals surface area contributed by atoms with E-state index in [1.807, 2.05) is 0 Å². The van der Waals surface area contributed by atoms with E-state index in [9.17, 15) is 13.0 Å². The van der Waals surface area contributed by atoms with Gasteiger partial charge in [-0.05, 0) is 38.5 Å². The second kappa shape index (κ2) is 35.2. The van der Waals surface area contributed by atoms with E-state index in [-0.39, 0.29) is 5.75 Å². The topological polar surface area (TPSA) is 57.2 Å². The second-order valence-electron chi connectivity index (χ2n) is 13.6. The molecule has 0 aliphatic carbocycles. The Hall–Kier alpha value is 0.340. The van der Waals surface area contributed by atoms with Crippen LogP contribution in [0.25, 0.3) is 0 Å². The van der Waals surface area contributed by atoms with Crippen molar-refractivity contribution >= 4 is 17.4 Å². The molecule has 0 aromatic carbocycles. The van der Waals surface area contributed by atoms with Gasteiger partial charge in [-0.2, -0.15) is 0 Å². The Balaban J connectivity index is 0. The molecule has 0 bridgehead atoms. The largest absolute Gasteiger partial charge is 0.748 e. The lowest BCUT2D eigenvalue weighted by Gasteiger charge is -2.28. The minimum Gasteiger partial charge on any atom is -0.748 e. The summed E-state index contributed by atoms with van der Waals surface area (Å²) in [5.74, 6) is -0.191. The van der Waals surface area contributed by atoms with Gasteiger partial charge in [0, 0.05) is 13.0 Å². The van der Waals surface area contributed by atoms with Crippen molar-refractivity contribution < 1.29 is 13.0 Å². The van der Waals surface area contributed by atoms with Crippen molar-refractivity contribution in [3.8, 4) is 0 Å². The molecule has 0 heterocycles. The molecule has 0 fully saturated rings. The summed E-state index contributed by atoms with van der Waals surface area (Å²) in [5.41, 5.74) is 0. The van der Waals surface area contributed by atoms with Crippen LogP contribution in [0, 0.1) is 0 Å². The van der Waals surface area contributed by atoms with Gasteiger partial charge in [0.1, 0.15) is 0 Å². The molecule has 0 spiro atoms. The van der Waals surface area contributed by atoms with Crippen LogP contribution in [0.4, 0.5) is 0 Å². The molecule has 0 aromatic heterocycles. The highest BCUT2D eigenvalue weighted by molar-refractivity contribution is 7.85. The van der Waals surface area contributed by atoms with Gasteiger partial charge in [-0.1, -0.05) is 176 Å². The van der Waals surface area contributed by atoms with Gasteiger partial charge < -0.3 is 4.55 Å². The summed E-state index contributed by atoms with van der Waals surface area (Å²) in [6.45, 7) is 11.7. The van der Waals surface area contributed by atoms with Crippen LogP contribution in [-0.2, 0) is 10.1 Å². The Bertz CT molecular complexity index is 601. The molecule has 0 saturated carbocycles. The molecular formula is C38H81O3PS. The van der Waals surface area contributed by atoms with E-state index in [2.05, 4.69) is 34.6 Å². The predicted octanol–water partition coefficient (Wildman–Crippen LogP) is 13.6. The Morgan fingerprint density at radius 1 is 0.349 bits per heavy atom. The average molecular weight is 649 g/mol. The Morgan fingerprint density at radius 2 is 0.581 bits per heavy atom. The van der Waals surface area contributed by atoms with Gasteiger partial charge in [0.15, 0.2) is 0 Å². The van der Waals surface area contributed by atoms with Crippen LogP contribution in [0.15, 0.2) is 0 Å². The lowest BCUT2D eigenvalue weighted by atomic mass is 10.1. The summed E-state index contributed by atoms with van der Waals surface area (Å²) in [6.07, 6.45) is 44.4. The van der Waals surface area contributed by atoms with E-state index in [0.29, 0.717) is 6.42 Å². The molecule has 43 heavy (non-hydrogen) atoms. The molecule has 0 saturated heterocycles. The molecule has 5 heteroatoms. The second-order valence-corrected chi connectivity index (χ2v) is 19.6. The smallest absolute Gasteiger partial charge is 0.0945 e. The van der Waals surface area contributed by atoms with E-state index < -0.39 is 17.4 Å². The Kier molecular flexibility index (Phi) is 37.2. The Labute approximate surface area is 274 Å². The SMILES string of the molecule is CCCCCCCCCCCCCC[P+](CCCC)(CCCC)CCCC.CCCCCCCCCCCCS(=O)(=O)[O-]. The summed E-state index contributed by atoms with van der Waals surface area (Å²) in [7, 11) is -4.61. The Morgan fingerprint density at radius 3 is 0.860 bits per heavy atom. The van der Waals surface area contributed by atoms with Crippen LogP contribution in [0.5, 0.6) is 0 Å². The lowest BCUT2D eigenvalue weighted by Crippen LogP contribution is -2.13.